The normalized spacial score (nSPS) is 16.1. The maximum Gasteiger partial charge on any atom is 0.260 e. The Labute approximate surface area is 162 Å². The van der Waals surface area contributed by atoms with E-state index in [1.165, 1.54) is 15.7 Å². The highest BCUT2D eigenvalue weighted by Gasteiger charge is 2.28. The van der Waals surface area contributed by atoms with Crippen LogP contribution >= 0.6 is 12.2 Å². The third kappa shape index (κ3) is 3.11. The lowest BCUT2D eigenvalue weighted by Crippen LogP contribution is -2.35. The molecule has 1 atom stereocenters. The molecular formula is C21H21N3O2S. The molecule has 1 aliphatic rings. The van der Waals surface area contributed by atoms with Crippen molar-refractivity contribution in [1.29, 1.82) is 0 Å². The van der Waals surface area contributed by atoms with Crippen molar-refractivity contribution >= 4 is 12.2 Å². The van der Waals surface area contributed by atoms with Crippen molar-refractivity contribution in [2.24, 2.45) is 0 Å². The van der Waals surface area contributed by atoms with Crippen molar-refractivity contribution in [3.05, 3.63) is 85.9 Å². The standard InChI is InChI=1S/C21H21N3O2S/c1-2-13-7-9-15(10-8-13)24-20(26)17(19(25)23-21(24)27)18-16-6-4-3-5-14(16)11-12-22-18/h3-10,18,22,26H,2,11-12H2,1H3,(H,23,25,27). The van der Waals surface area contributed by atoms with E-state index in [0.29, 0.717) is 0 Å². The predicted molar refractivity (Wildman–Crippen MR) is 108 cm³/mol. The van der Waals surface area contributed by atoms with Crippen LogP contribution in [0.2, 0.25) is 0 Å². The molecule has 138 valence electrons. The summed E-state index contributed by atoms with van der Waals surface area (Å²) in [5, 5.41) is 14.4. The highest BCUT2D eigenvalue weighted by Crippen LogP contribution is 2.32. The highest BCUT2D eigenvalue weighted by molar-refractivity contribution is 7.71. The first-order chi connectivity index (χ1) is 13.1. The Balaban J connectivity index is 1.91. The van der Waals surface area contributed by atoms with Gasteiger partial charge in [0.1, 0.15) is 0 Å². The molecular weight excluding hydrogens is 358 g/mol. The fourth-order valence-corrected chi connectivity index (χ4v) is 3.97. The number of aryl methyl sites for hydroxylation is 1. The summed E-state index contributed by atoms with van der Waals surface area (Å²) in [5.41, 5.74) is 4.02. The summed E-state index contributed by atoms with van der Waals surface area (Å²) >= 11 is 5.34. The Kier molecular flexibility index (Phi) is 4.68. The van der Waals surface area contributed by atoms with Gasteiger partial charge in [0.25, 0.3) is 5.56 Å². The molecule has 5 nitrogen and oxygen atoms in total. The van der Waals surface area contributed by atoms with Crippen molar-refractivity contribution < 1.29 is 5.11 Å². The fraction of sp³-hybridized carbons (Fsp3) is 0.238. The van der Waals surface area contributed by atoms with E-state index in [-0.39, 0.29) is 27.8 Å². The Hall–Kier alpha value is -2.70. The monoisotopic (exact) mass is 379 g/mol. The fourth-order valence-electron chi connectivity index (χ4n) is 3.68. The van der Waals surface area contributed by atoms with Crippen LogP contribution in [0.25, 0.3) is 5.69 Å². The Morgan fingerprint density at radius 2 is 1.93 bits per heavy atom. The number of hydrogen-bond acceptors (Lipinski definition) is 4. The van der Waals surface area contributed by atoms with Crippen LogP contribution in [-0.2, 0) is 12.8 Å². The van der Waals surface area contributed by atoms with Crippen LogP contribution in [0, 0.1) is 4.77 Å². The Morgan fingerprint density at radius 1 is 1.19 bits per heavy atom. The maximum atomic E-state index is 12.7. The second-order valence-electron chi connectivity index (χ2n) is 6.69. The molecule has 1 unspecified atom stereocenters. The molecule has 27 heavy (non-hydrogen) atoms. The summed E-state index contributed by atoms with van der Waals surface area (Å²) in [4.78, 5) is 15.4. The van der Waals surface area contributed by atoms with Gasteiger partial charge in [-0.2, -0.15) is 0 Å². The minimum absolute atomic E-state index is 0.123. The number of nitrogens with zero attached hydrogens (tertiary/aromatic N) is 1. The Bertz CT molecular complexity index is 1100. The van der Waals surface area contributed by atoms with Gasteiger partial charge in [-0.1, -0.05) is 43.3 Å². The molecule has 1 aromatic heterocycles. The molecule has 0 amide bonds. The maximum absolute atomic E-state index is 12.7. The number of rotatable bonds is 3. The summed E-state index contributed by atoms with van der Waals surface area (Å²) < 4.78 is 1.69. The minimum atomic E-state index is -0.379. The lowest BCUT2D eigenvalue weighted by Gasteiger charge is -2.27. The summed E-state index contributed by atoms with van der Waals surface area (Å²) in [6.45, 7) is 2.82. The van der Waals surface area contributed by atoms with Gasteiger partial charge in [0.05, 0.1) is 17.3 Å². The molecule has 2 heterocycles. The smallest absolute Gasteiger partial charge is 0.260 e. The second kappa shape index (κ2) is 7.13. The second-order valence-corrected chi connectivity index (χ2v) is 7.07. The molecule has 0 saturated carbocycles. The molecule has 0 radical (unpaired) electrons. The minimum Gasteiger partial charge on any atom is -0.494 e. The van der Waals surface area contributed by atoms with E-state index < -0.39 is 0 Å². The van der Waals surface area contributed by atoms with Gasteiger partial charge in [0, 0.05) is 6.54 Å². The summed E-state index contributed by atoms with van der Waals surface area (Å²) in [6.07, 6.45) is 1.82. The van der Waals surface area contributed by atoms with Gasteiger partial charge in [0.15, 0.2) is 4.77 Å². The number of nitrogens with one attached hydrogen (secondary N) is 2. The number of fused-ring (bicyclic) bond motifs is 1. The first kappa shape index (κ1) is 17.7. The molecule has 2 aromatic carbocycles. The van der Waals surface area contributed by atoms with E-state index in [0.717, 1.165) is 30.6 Å². The molecule has 3 aromatic rings. The lowest BCUT2D eigenvalue weighted by molar-refractivity contribution is 0.413. The molecule has 1 aliphatic heterocycles. The summed E-state index contributed by atoms with van der Waals surface area (Å²) in [7, 11) is 0. The van der Waals surface area contributed by atoms with Crippen molar-refractivity contribution in [3.63, 3.8) is 0 Å². The molecule has 6 heteroatoms. The van der Waals surface area contributed by atoms with Crippen molar-refractivity contribution in [2.75, 3.05) is 6.54 Å². The van der Waals surface area contributed by atoms with Crippen molar-refractivity contribution in [3.8, 4) is 11.6 Å². The number of aromatic nitrogens is 2. The van der Waals surface area contributed by atoms with Gasteiger partial charge < -0.3 is 10.4 Å². The third-order valence-electron chi connectivity index (χ3n) is 5.12. The van der Waals surface area contributed by atoms with Gasteiger partial charge in [-0.15, -0.1) is 0 Å². The van der Waals surface area contributed by atoms with Crippen LogP contribution in [0.3, 0.4) is 0 Å². The first-order valence-electron chi connectivity index (χ1n) is 9.09. The van der Waals surface area contributed by atoms with Gasteiger partial charge >= 0.3 is 0 Å². The van der Waals surface area contributed by atoms with E-state index in [2.05, 4.69) is 23.3 Å². The zero-order valence-electron chi connectivity index (χ0n) is 15.0. The Morgan fingerprint density at radius 3 is 2.67 bits per heavy atom. The largest absolute Gasteiger partial charge is 0.494 e. The summed E-state index contributed by atoms with van der Waals surface area (Å²) in [5.74, 6) is -0.123. The third-order valence-corrected chi connectivity index (χ3v) is 5.41. The molecule has 4 rings (SSSR count). The highest BCUT2D eigenvalue weighted by atomic mass is 32.1. The number of H-pyrrole nitrogens is 1. The number of aromatic hydroxyl groups is 1. The van der Waals surface area contributed by atoms with Crippen molar-refractivity contribution in [1.82, 2.24) is 14.9 Å². The molecule has 0 fully saturated rings. The molecule has 3 N–H and O–H groups in total. The zero-order valence-corrected chi connectivity index (χ0v) is 15.8. The van der Waals surface area contributed by atoms with Crippen LogP contribution in [-0.4, -0.2) is 21.2 Å². The first-order valence-corrected chi connectivity index (χ1v) is 9.49. The van der Waals surface area contributed by atoms with Crippen LogP contribution < -0.4 is 10.9 Å². The van der Waals surface area contributed by atoms with Crippen LogP contribution in [0.4, 0.5) is 0 Å². The molecule has 0 saturated heterocycles. The van der Waals surface area contributed by atoms with Crippen LogP contribution in [0.15, 0.2) is 53.3 Å². The van der Waals surface area contributed by atoms with E-state index in [4.69, 9.17) is 12.2 Å². The van der Waals surface area contributed by atoms with Gasteiger partial charge in [-0.3, -0.25) is 14.3 Å². The SMILES string of the molecule is CCc1ccc(-n2c(O)c(C3NCCc4ccccc43)c(=O)[nH]c2=S)cc1. The topological polar surface area (TPSA) is 70.0 Å². The van der Waals surface area contributed by atoms with E-state index >= 15 is 0 Å². The number of hydrogen-bond donors (Lipinski definition) is 3. The summed E-state index contributed by atoms with van der Waals surface area (Å²) in [6, 6.07) is 15.4. The lowest BCUT2D eigenvalue weighted by atomic mass is 9.90. The molecule has 0 spiro atoms. The quantitative estimate of drug-likeness (QED) is 0.610. The van der Waals surface area contributed by atoms with E-state index in [9.17, 15) is 9.90 Å². The number of benzene rings is 2. The van der Waals surface area contributed by atoms with Crippen molar-refractivity contribution in [2.45, 2.75) is 25.8 Å². The predicted octanol–water partition coefficient (Wildman–Crippen LogP) is 3.40. The van der Waals surface area contributed by atoms with Crippen LogP contribution in [0.5, 0.6) is 5.88 Å². The molecule has 0 aliphatic carbocycles. The zero-order chi connectivity index (χ0) is 19.0. The van der Waals surface area contributed by atoms with E-state index in [1.807, 2.05) is 42.5 Å². The average molecular weight is 379 g/mol. The van der Waals surface area contributed by atoms with Gasteiger partial charge in [-0.05, 0) is 53.9 Å². The van der Waals surface area contributed by atoms with Gasteiger partial charge in [0.2, 0.25) is 5.88 Å². The molecule has 0 bridgehead atoms. The van der Waals surface area contributed by atoms with Crippen LogP contribution in [0.1, 0.15) is 35.2 Å². The average Bonchev–Trinajstić information content (AvgIpc) is 2.68. The number of aromatic amines is 1. The van der Waals surface area contributed by atoms with E-state index in [1.54, 1.807) is 0 Å². The van der Waals surface area contributed by atoms with Gasteiger partial charge in [-0.25, -0.2) is 0 Å².